The van der Waals surface area contributed by atoms with Gasteiger partial charge in [-0.2, -0.15) is 5.10 Å². The number of hydroxylamine groups is 2. The van der Waals surface area contributed by atoms with E-state index in [1.807, 2.05) is 23.1 Å². The number of benzene rings is 1. The third kappa shape index (κ3) is 4.22. The summed E-state index contributed by atoms with van der Waals surface area (Å²) in [4.78, 5) is 42.8. The van der Waals surface area contributed by atoms with Crippen LogP contribution >= 0.6 is 11.3 Å². The van der Waals surface area contributed by atoms with Gasteiger partial charge in [0.05, 0.1) is 37.3 Å². The van der Waals surface area contributed by atoms with Gasteiger partial charge in [0.2, 0.25) is 5.91 Å². The SMILES string of the molecule is COC(=O)ON1CCN(C(=O)C2CCc3c(sc4ncnc(Nc5ccc6[nH]ncc6c5)c34)C2)CC1. The van der Waals surface area contributed by atoms with Gasteiger partial charge in [-0.3, -0.25) is 9.89 Å². The number of carbonyl (C=O) groups is 2. The Morgan fingerprint density at radius 3 is 2.89 bits per heavy atom. The lowest BCUT2D eigenvalue weighted by molar-refractivity contribution is -0.157. The number of hydrogen-bond donors (Lipinski definition) is 2. The molecule has 3 aromatic heterocycles. The van der Waals surface area contributed by atoms with E-state index in [9.17, 15) is 9.59 Å². The minimum atomic E-state index is -0.738. The largest absolute Gasteiger partial charge is 0.527 e. The number of hydrogen-bond acceptors (Lipinski definition) is 10. The zero-order chi connectivity index (χ0) is 24.6. The molecule has 186 valence electrons. The number of piperazine rings is 1. The third-order valence-electron chi connectivity index (χ3n) is 6.82. The number of amides is 1. The second-order valence-electron chi connectivity index (χ2n) is 8.94. The molecule has 0 bridgehead atoms. The van der Waals surface area contributed by atoms with E-state index in [4.69, 9.17) is 4.84 Å². The molecule has 0 radical (unpaired) electrons. The van der Waals surface area contributed by atoms with Crippen LogP contribution in [0.2, 0.25) is 0 Å². The summed E-state index contributed by atoms with van der Waals surface area (Å²) in [5, 5.41) is 14.1. The van der Waals surface area contributed by atoms with Crippen molar-refractivity contribution in [3.63, 3.8) is 0 Å². The molecule has 2 N–H and O–H groups in total. The average Bonchev–Trinajstić information content (AvgIpc) is 3.52. The van der Waals surface area contributed by atoms with Crippen molar-refractivity contribution in [2.75, 3.05) is 38.6 Å². The number of nitrogens with one attached hydrogen (secondary N) is 2. The molecule has 6 rings (SSSR count). The molecule has 1 unspecified atom stereocenters. The molecular weight excluding hydrogens is 482 g/mol. The molecule has 2 aliphatic rings. The number of thiophene rings is 1. The van der Waals surface area contributed by atoms with E-state index >= 15 is 0 Å². The smallest absolute Gasteiger partial charge is 0.436 e. The van der Waals surface area contributed by atoms with E-state index in [0.717, 1.165) is 45.5 Å². The van der Waals surface area contributed by atoms with Crippen molar-refractivity contribution in [3.8, 4) is 0 Å². The molecule has 4 aromatic rings. The van der Waals surface area contributed by atoms with Crippen LogP contribution < -0.4 is 5.32 Å². The predicted molar refractivity (Wildman–Crippen MR) is 134 cm³/mol. The van der Waals surface area contributed by atoms with Crippen molar-refractivity contribution in [2.24, 2.45) is 5.92 Å². The monoisotopic (exact) mass is 507 g/mol. The fraction of sp³-hybridized carbons (Fsp3) is 0.375. The third-order valence-corrected chi connectivity index (χ3v) is 7.98. The molecule has 12 heteroatoms. The number of fused-ring (bicyclic) bond motifs is 4. The van der Waals surface area contributed by atoms with Crippen LogP contribution in [0.5, 0.6) is 0 Å². The Morgan fingerprint density at radius 2 is 2.06 bits per heavy atom. The highest BCUT2D eigenvalue weighted by molar-refractivity contribution is 7.19. The van der Waals surface area contributed by atoms with Gasteiger partial charge >= 0.3 is 6.16 Å². The summed E-state index contributed by atoms with van der Waals surface area (Å²) in [6.07, 6.45) is 4.94. The van der Waals surface area contributed by atoms with Crippen LogP contribution in [0, 0.1) is 5.92 Å². The fourth-order valence-corrected chi connectivity index (χ4v) is 6.24. The first-order valence-corrected chi connectivity index (χ1v) is 12.7. The maximum absolute atomic E-state index is 13.3. The van der Waals surface area contributed by atoms with Gasteiger partial charge < -0.3 is 19.8 Å². The van der Waals surface area contributed by atoms with E-state index < -0.39 is 6.16 Å². The number of carbonyl (C=O) groups excluding carboxylic acids is 2. The Hall–Kier alpha value is -3.77. The molecule has 1 aromatic carbocycles. The maximum atomic E-state index is 13.3. The lowest BCUT2D eigenvalue weighted by Gasteiger charge is -2.35. The summed E-state index contributed by atoms with van der Waals surface area (Å²) >= 11 is 1.65. The number of ether oxygens (including phenoxy) is 1. The number of anilines is 2. The van der Waals surface area contributed by atoms with Crippen molar-refractivity contribution < 1.29 is 19.2 Å². The molecule has 11 nitrogen and oxygen atoms in total. The van der Waals surface area contributed by atoms with Gasteiger partial charge in [0.15, 0.2) is 0 Å². The zero-order valence-corrected chi connectivity index (χ0v) is 20.5. The zero-order valence-electron chi connectivity index (χ0n) is 19.7. The van der Waals surface area contributed by atoms with Gasteiger partial charge in [-0.15, -0.1) is 16.4 Å². The number of H-pyrrole nitrogens is 1. The van der Waals surface area contributed by atoms with Crippen LogP contribution in [-0.4, -0.2) is 75.5 Å². The molecular formula is C24H25N7O4S. The van der Waals surface area contributed by atoms with E-state index in [0.29, 0.717) is 32.6 Å². The molecule has 1 amide bonds. The molecule has 36 heavy (non-hydrogen) atoms. The van der Waals surface area contributed by atoms with Crippen LogP contribution in [0.15, 0.2) is 30.7 Å². The van der Waals surface area contributed by atoms with Gasteiger partial charge in [0, 0.05) is 35.0 Å². The van der Waals surface area contributed by atoms with Crippen LogP contribution in [-0.2, 0) is 27.2 Å². The van der Waals surface area contributed by atoms with Gasteiger partial charge in [0.25, 0.3) is 0 Å². The molecule has 1 saturated heterocycles. The Kier molecular flexibility index (Phi) is 5.89. The first-order valence-electron chi connectivity index (χ1n) is 11.8. The predicted octanol–water partition coefficient (Wildman–Crippen LogP) is 3.26. The molecule has 1 aliphatic carbocycles. The Labute approximate surface area is 210 Å². The van der Waals surface area contributed by atoms with Crippen molar-refractivity contribution in [2.45, 2.75) is 19.3 Å². The number of aromatic nitrogens is 4. The van der Waals surface area contributed by atoms with Crippen molar-refractivity contribution >= 4 is 56.0 Å². The average molecular weight is 508 g/mol. The van der Waals surface area contributed by atoms with Crippen LogP contribution in [0.4, 0.5) is 16.3 Å². The second-order valence-corrected chi connectivity index (χ2v) is 10.0. The first kappa shape index (κ1) is 22.7. The number of rotatable bonds is 4. The van der Waals surface area contributed by atoms with E-state index in [1.54, 1.807) is 23.9 Å². The Morgan fingerprint density at radius 1 is 1.19 bits per heavy atom. The summed E-state index contributed by atoms with van der Waals surface area (Å²) in [5.41, 5.74) is 3.15. The number of nitrogens with zero attached hydrogens (tertiary/aromatic N) is 5. The topological polar surface area (TPSA) is 126 Å². The van der Waals surface area contributed by atoms with Crippen LogP contribution in [0.3, 0.4) is 0 Å². The van der Waals surface area contributed by atoms with Crippen LogP contribution in [0.25, 0.3) is 21.1 Å². The quantitative estimate of drug-likeness (QED) is 0.400. The Balaban J connectivity index is 1.17. The van der Waals surface area contributed by atoms with Crippen molar-refractivity contribution in [1.29, 1.82) is 0 Å². The summed E-state index contributed by atoms with van der Waals surface area (Å²) in [7, 11) is 1.28. The van der Waals surface area contributed by atoms with Crippen molar-refractivity contribution in [3.05, 3.63) is 41.2 Å². The molecule has 4 heterocycles. The highest BCUT2D eigenvalue weighted by Crippen LogP contribution is 2.41. The lowest BCUT2D eigenvalue weighted by Crippen LogP contribution is -2.51. The summed E-state index contributed by atoms with van der Waals surface area (Å²) < 4.78 is 4.54. The first-order chi connectivity index (χ1) is 17.6. The second kappa shape index (κ2) is 9.36. The van der Waals surface area contributed by atoms with Gasteiger partial charge in [0.1, 0.15) is 17.0 Å². The summed E-state index contributed by atoms with van der Waals surface area (Å²) in [5.74, 6) is 0.882. The van der Waals surface area contributed by atoms with Crippen LogP contribution in [0.1, 0.15) is 16.9 Å². The molecule has 1 aliphatic heterocycles. The van der Waals surface area contributed by atoms with Crippen molar-refractivity contribution in [1.82, 2.24) is 30.1 Å². The number of aromatic amines is 1. The fourth-order valence-electron chi connectivity index (χ4n) is 4.97. The van der Waals surface area contributed by atoms with E-state index in [-0.39, 0.29) is 11.8 Å². The van der Waals surface area contributed by atoms with Gasteiger partial charge in [-0.1, -0.05) is 0 Å². The number of methoxy groups -OCH3 is 1. The summed E-state index contributed by atoms with van der Waals surface area (Å²) in [6.45, 7) is 1.98. The molecule has 0 saturated carbocycles. The Bertz CT molecular complexity index is 1440. The van der Waals surface area contributed by atoms with E-state index in [2.05, 4.69) is 30.2 Å². The molecule has 0 spiro atoms. The highest BCUT2D eigenvalue weighted by atomic mass is 32.1. The minimum Gasteiger partial charge on any atom is -0.436 e. The number of aryl methyl sites for hydroxylation is 1. The lowest BCUT2D eigenvalue weighted by atomic mass is 9.86. The molecule has 1 atom stereocenters. The summed E-state index contributed by atoms with van der Waals surface area (Å²) in [6, 6.07) is 6.03. The van der Waals surface area contributed by atoms with Gasteiger partial charge in [-0.25, -0.2) is 14.8 Å². The van der Waals surface area contributed by atoms with E-state index in [1.165, 1.54) is 22.6 Å². The standard InChI is InChI=1S/C24H25N7O4S/c1-34-24(33)35-31-8-6-30(7-9-31)23(32)14-2-4-17-19(11-14)36-22-20(17)21(25-13-26-22)28-16-3-5-18-15(10-16)12-27-29-18/h3,5,10,12-14H,2,4,6-9,11H2,1H3,(H,27,29)(H,25,26,28). The molecule has 1 fully saturated rings. The highest BCUT2D eigenvalue weighted by Gasteiger charge is 2.33. The maximum Gasteiger partial charge on any atom is 0.527 e. The minimum absolute atomic E-state index is 0.0634. The normalized spacial score (nSPS) is 18.2. The van der Waals surface area contributed by atoms with Gasteiger partial charge in [-0.05, 0) is 43.0 Å².